The molecule has 0 bridgehead atoms. The molecule has 0 saturated carbocycles. The molecule has 0 amide bonds. The molecule has 0 spiro atoms. The number of unbranched alkanes of at least 4 members (excludes halogenated alkanes) is 4. The average Bonchev–Trinajstić information content (AvgIpc) is 2.83. The monoisotopic (exact) mass is 522 g/mol. The van der Waals surface area contributed by atoms with Gasteiger partial charge in [-0.2, -0.15) is 0 Å². The van der Waals surface area contributed by atoms with Crippen LogP contribution in [0.5, 0.6) is 11.5 Å². The van der Waals surface area contributed by atoms with Crippen molar-refractivity contribution in [2.45, 2.75) is 118 Å². The van der Waals surface area contributed by atoms with Crippen LogP contribution < -0.4 is 43.5 Å². The van der Waals surface area contributed by atoms with Crippen molar-refractivity contribution < 1.29 is 48.1 Å². The van der Waals surface area contributed by atoms with Gasteiger partial charge in [-0.25, -0.2) is 4.57 Å². The molecule has 0 radical (unpaired) electrons. The van der Waals surface area contributed by atoms with E-state index in [2.05, 4.69) is 58.9 Å². The van der Waals surface area contributed by atoms with Gasteiger partial charge >= 0.3 is 37.4 Å². The Balaban J connectivity index is 0.00000456. The van der Waals surface area contributed by atoms with Crippen LogP contribution in [-0.4, -0.2) is 0 Å². The molecule has 1 heterocycles. The zero-order chi connectivity index (χ0) is 25.4. The van der Waals surface area contributed by atoms with Crippen LogP contribution in [0.2, 0.25) is 0 Å². The van der Waals surface area contributed by atoms with Gasteiger partial charge in [0, 0.05) is 17.0 Å². The Bertz CT molecular complexity index is 959. The first-order valence-electron chi connectivity index (χ1n) is 13.8. The van der Waals surface area contributed by atoms with Gasteiger partial charge in [0.25, 0.3) is 0 Å². The van der Waals surface area contributed by atoms with E-state index in [1.165, 1.54) is 11.1 Å². The molecule has 36 heavy (non-hydrogen) atoms. The molecule has 3 rings (SSSR count). The Labute approximate surface area is 241 Å². The summed E-state index contributed by atoms with van der Waals surface area (Å²) in [5.74, 6) is 0.956. The van der Waals surface area contributed by atoms with Crippen LogP contribution in [0.15, 0.2) is 24.3 Å². The van der Waals surface area contributed by atoms with Gasteiger partial charge in [0.15, 0.2) is 0 Å². The van der Waals surface area contributed by atoms with E-state index in [0.717, 1.165) is 99.3 Å². The standard InChI is InChI=1S/C30H45O4P.Na/c1-6-10-14-23-18-25(16-12-8-3)29-27(20-23)22(5)28-21-24(15-11-7-2)19-26(17-13-9-4)30(28)34-35(31,32)33-29;/h18-22H,6-17H2,1-5H3,(H,31,32);/q;+1/p-1. The Kier molecular flexibility index (Phi) is 13.1. The number of rotatable bonds is 12. The number of fused-ring (bicyclic) bond motifs is 2. The van der Waals surface area contributed by atoms with E-state index in [1.807, 2.05) is 0 Å². The molecular weight excluding hydrogens is 478 g/mol. The van der Waals surface area contributed by atoms with E-state index in [-0.39, 0.29) is 35.5 Å². The summed E-state index contributed by atoms with van der Waals surface area (Å²) in [6, 6.07) is 8.68. The molecule has 2 aromatic rings. The third-order valence-electron chi connectivity index (χ3n) is 7.09. The van der Waals surface area contributed by atoms with Crippen LogP contribution in [-0.2, 0) is 30.2 Å². The predicted molar refractivity (Wildman–Crippen MR) is 144 cm³/mol. The zero-order valence-corrected chi connectivity index (χ0v) is 26.3. The molecule has 0 N–H and O–H groups in total. The first kappa shape index (κ1) is 31.4. The number of phosphoric acid groups is 1. The Morgan fingerprint density at radius 3 is 1.42 bits per heavy atom. The topological polar surface area (TPSA) is 58.6 Å². The Hall–Kier alpha value is -0.770. The van der Waals surface area contributed by atoms with Gasteiger partial charge in [-0.15, -0.1) is 0 Å². The third-order valence-corrected chi connectivity index (χ3v) is 7.90. The van der Waals surface area contributed by atoms with Gasteiger partial charge in [0.05, 0.1) is 0 Å². The normalized spacial score (nSPS) is 18.7. The van der Waals surface area contributed by atoms with Gasteiger partial charge in [-0.3, -0.25) is 0 Å². The summed E-state index contributed by atoms with van der Waals surface area (Å²) in [5, 5.41) is 0. The van der Waals surface area contributed by atoms with Crippen molar-refractivity contribution in [1.82, 2.24) is 0 Å². The average molecular weight is 523 g/mol. The second-order valence-corrected chi connectivity index (χ2v) is 11.4. The van der Waals surface area contributed by atoms with Crippen molar-refractivity contribution in [2.24, 2.45) is 0 Å². The quantitative estimate of drug-likeness (QED) is 0.275. The molecule has 194 valence electrons. The van der Waals surface area contributed by atoms with Gasteiger partial charge < -0.3 is 13.9 Å². The predicted octanol–water partition coefficient (Wildman–Crippen LogP) is 5.45. The van der Waals surface area contributed by atoms with Crippen molar-refractivity contribution >= 4 is 7.82 Å². The Morgan fingerprint density at radius 2 is 1.06 bits per heavy atom. The Morgan fingerprint density at radius 1 is 0.694 bits per heavy atom. The van der Waals surface area contributed by atoms with E-state index in [9.17, 15) is 9.46 Å². The molecule has 6 heteroatoms. The fraction of sp³-hybridized carbons (Fsp3) is 0.600. The van der Waals surface area contributed by atoms with E-state index < -0.39 is 7.82 Å². The molecule has 1 aliphatic heterocycles. The van der Waals surface area contributed by atoms with Crippen molar-refractivity contribution in [3.05, 3.63) is 57.6 Å². The number of hydrogen-bond acceptors (Lipinski definition) is 4. The molecule has 0 atom stereocenters. The van der Waals surface area contributed by atoms with Crippen LogP contribution in [0.3, 0.4) is 0 Å². The smallest absolute Gasteiger partial charge is 0.736 e. The number of aryl methyl sites for hydroxylation is 4. The summed E-state index contributed by atoms with van der Waals surface area (Å²) < 4.78 is 24.7. The SMILES string of the molecule is CCCCc1cc(CCCC)c2c(c1)C(C)c1cc(CCCC)cc(CCCC)c1OP(=O)([O-])O2.[Na+]. The largest absolute Gasteiger partial charge is 1.00 e. The third kappa shape index (κ3) is 8.11. The van der Waals surface area contributed by atoms with Crippen LogP contribution in [0.1, 0.15) is 125 Å². The molecule has 2 aromatic carbocycles. The molecule has 0 aliphatic carbocycles. The van der Waals surface area contributed by atoms with E-state index in [1.54, 1.807) is 0 Å². The molecule has 1 aliphatic rings. The summed E-state index contributed by atoms with van der Waals surface area (Å²) in [5.41, 5.74) is 6.45. The van der Waals surface area contributed by atoms with Gasteiger partial charge in [0.1, 0.15) is 11.5 Å². The minimum absolute atomic E-state index is 0. The molecule has 0 aromatic heterocycles. The van der Waals surface area contributed by atoms with Crippen LogP contribution >= 0.6 is 7.82 Å². The van der Waals surface area contributed by atoms with Crippen molar-refractivity contribution in [1.29, 1.82) is 0 Å². The van der Waals surface area contributed by atoms with Crippen LogP contribution in [0.25, 0.3) is 0 Å². The number of hydrogen-bond donors (Lipinski definition) is 0. The number of phosphoric ester groups is 1. The number of benzene rings is 2. The zero-order valence-electron chi connectivity index (χ0n) is 23.5. The summed E-state index contributed by atoms with van der Waals surface area (Å²) in [6.45, 7) is 10.9. The second-order valence-electron chi connectivity index (χ2n) is 10.1. The second kappa shape index (κ2) is 15.0. The maximum atomic E-state index is 13.2. The van der Waals surface area contributed by atoms with Gasteiger partial charge in [-0.1, -0.05) is 84.6 Å². The van der Waals surface area contributed by atoms with Crippen molar-refractivity contribution in [3.8, 4) is 11.5 Å². The first-order valence-corrected chi connectivity index (χ1v) is 15.3. The van der Waals surface area contributed by atoms with Gasteiger partial charge in [0.2, 0.25) is 0 Å². The molecule has 0 unspecified atom stereocenters. The van der Waals surface area contributed by atoms with Crippen LogP contribution in [0.4, 0.5) is 0 Å². The minimum Gasteiger partial charge on any atom is -0.736 e. The molecular formula is C30H44NaO4P. The van der Waals surface area contributed by atoms with Crippen molar-refractivity contribution in [2.75, 3.05) is 0 Å². The summed E-state index contributed by atoms with van der Waals surface area (Å²) >= 11 is 0. The van der Waals surface area contributed by atoms with Gasteiger partial charge in [-0.05, 0) is 73.6 Å². The molecule has 4 nitrogen and oxygen atoms in total. The fourth-order valence-electron chi connectivity index (χ4n) is 5.00. The van der Waals surface area contributed by atoms with Crippen molar-refractivity contribution in [3.63, 3.8) is 0 Å². The molecule has 0 fully saturated rings. The maximum Gasteiger partial charge on any atom is 1.00 e. The summed E-state index contributed by atoms with van der Waals surface area (Å²) in [6.07, 6.45) is 12.1. The van der Waals surface area contributed by atoms with Crippen LogP contribution in [0, 0.1) is 0 Å². The first-order chi connectivity index (χ1) is 16.8. The fourth-order valence-corrected chi connectivity index (χ4v) is 5.93. The molecule has 0 saturated heterocycles. The van der Waals surface area contributed by atoms with E-state index >= 15 is 0 Å². The summed E-state index contributed by atoms with van der Waals surface area (Å²) in [7, 11) is -4.59. The summed E-state index contributed by atoms with van der Waals surface area (Å²) in [4.78, 5) is 13.2. The minimum atomic E-state index is -4.59. The maximum absolute atomic E-state index is 13.2. The van der Waals surface area contributed by atoms with E-state index in [4.69, 9.17) is 9.05 Å². The van der Waals surface area contributed by atoms with E-state index in [0.29, 0.717) is 11.5 Å².